The molecule has 0 aromatic heterocycles. The number of rotatable bonds is 5. The third-order valence-corrected chi connectivity index (χ3v) is 5.59. The van der Waals surface area contributed by atoms with E-state index in [-0.39, 0.29) is 11.9 Å². The predicted octanol–water partition coefficient (Wildman–Crippen LogP) is 4.52. The predicted molar refractivity (Wildman–Crippen MR) is 80.6 cm³/mol. The van der Waals surface area contributed by atoms with E-state index >= 15 is 0 Å². The van der Waals surface area contributed by atoms with E-state index in [4.69, 9.17) is 0 Å². The molecule has 0 amide bonds. The number of hydrogen-bond acceptors (Lipinski definition) is 2. The fourth-order valence-corrected chi connectivity index (χ4v) is 4.26. The van der Waals surface area contributed by atoms with Gasteiger partial charge in [-0.3, -0.25) is 0 Å². The number of nitrogens with one attached hydrogen (secondary N) is 1. The lowest BCUT2D eigenvalue weighted by Gasteiger charge is -2.19. The van der Waals surface area contributed by atoms with Crippen LogP contribution in [0.3, 0.4) is 0 Å². The van der Waals surface area contributed by atoms with Crippen molar-refractivity contribution >= 4 is 27.7 Å². The summed E-state index contributed by atoms with van der Waals surface area (Å²) in [5.41, 5.74) is 0.761. The summed E-state index contributed by atoms with van der Waals surface area (Å²) >= 11 is 5.23. The molecule has 1 aromatic rings. The molecule has 1 saturated carbocycles. The van der Waals surface area contributed by atoms with E-state index in [2.05, 4.69) is 21.2 Å². The molecule has 1 aliphatic carbocycles. The third kappa shape index (κ3) is 3.49. The maximum Gasteiger partial charge on any atom is 0.142 e. The fraction of sp³-hybridized carbons (Fsp3) is 0.571. The summed E-state index contributed by atoms with van der Waals surface area (Å²) in [5, 5.41) is 4.00. The molecule has 0 aliphatic heterocycles. The Bertz CT molecular complexity index is 393. The Labute approximate surface area is 121 Å². The molecule has 2 rings (SSSR count). The summed E-state index contributed by atoms with van der Waals surface area (Å²) in [7, 11) is 1.90. The topological polar surface area (TPSA) is 12.0 Å². The van der Waals surface area contributed by atoms with E-state index in [9.17, 15) is 4.39 Å². The second-order valence-electron chi connectivity index (χ2n) is 4.72. The standard InChI is InChI=1S/C14H19BrFNS/c1-17-13(9-18-10-5-2-3-6-10)11-7-4-8-12(15)14(11)16/h4,7-8,10,13,17H,2-3,5-6,9H2,1H3. The molecular formula is C14H19BrFNS. The highest BCUT2D eigenvalue weighted by Gasteiger charge is 2.20. The molecule has 0 saturated heterocycles. The summed E-state index contributed by atoms with van der Waals surface area (Å²) in [6.45, 7) is 0. The molecule has 0 bridgehead atoms. The molecule has 0 spiro atoms. The van der Waals surface area contributed by atoms with Gasteiger partial charge in [0.05, 0.1) is 4.47 Å². The number of benzene rings is 1. The quantitative estimate of drug-likeness (QED) is 0.850. The van der Waals surface area contributed by atoms with Gasteiger partial charge in [-0.2, -0.15) is 11.8 Å². The Morgan fingerprint density at radius 1 is 1.44 bits per heavy atom. The van der Waals surface area contributed by atoms with E-state index < -0.39 is 0 Å². The number of thioether (sulfide) groups is 1. The van der Waals surface area contributed by atoms with Crippen molar-refractivity contribution in [3.8, 4) is 0 Å². The molecule has 1 aliphatic rings. The number of hydrogen-bond donors (Lipinski definition) is 1. The van der Waals surface area contributed by atoms with Gasteiger partial charge in [-0.15, -0.1) is 0 Å². The van der Waals surface area contributed by atoms with Gasteiger partial charge in [0.1, 0.15) is 5.82 Å². The zero-order valence-electron chi connectivity index (χ0n) is 10.6. The molecule has 0 radical (unpaired) electrons. The third-order valence-electron chi connectivity index (χ3n) is 3.51. The Morgan fingerprint density at radius 2 is 2.17 bits per heavy atom. The molecule has 4 heteroatoms. The monoisotopic (exact) mass is 331 g/mol. The SMILES string of the molecule is CNC(CSC1CCCC1)c1cccc(Br)c1F. The molecule has 1 nitrogen and oxygen atoms in total. The molecule has 100 valence electrons. The van der Waals surface area contributed by atoms with Crippen LogP contribution >= 0.6 is 27.7 Å². The van der Waals surface area contributed by atoms with Gasteiger partial charge in [-0.25, -0.2) is 4.39 Å². The summed E-state index contributed by atoms with van der Waals surface area (Å²) in [6, 6.07) is 5.60. The summed E-state index contributed by atoms with van der Waals surface area (Å²) in [6.07, 6.45) is 5.35. The normalized spacial score (nSPS) is 18.2. The largest absolute Gasteiger partial charge is 0.312 e. The zero-order valence-corrected chi connectivity index (χ0v) is 13.0. The van der Waals surface area contributed by atoms with Gasteiger partial charge < -0.3 is 5.32 Å². The molecular weight excluding hydrogens is 313 g/mol. The van der Waals surface area contributed by atoms with Gasteiger partial charge in [0, 0.05) is 22.6 Å². The van der Waals surface area contributed by atoms with Gasteiger partial charge in [-0.1, -0.05) is 25.0 Å². The van der Waals surface area contributed by atoms with Crippen molar-refractivity contribution in [1.82, 2.24) is 5.32 Å². The van der Waals surface area contributed by atoms with E-state index in [1.54, 1.807) is 6.07 Å². The van der Waals surface area contributed by atoms with Gasteiger partial charge in [0.2, 0.25) is 0 Å². The van der Waals surface area contributed by atoms with Gasteiger partial charge >= 0.3 is 0 Å². The van der Waals surface area contributed by atoms with Crippen molar-refractivity contribution in [2.45, 2.75) is 37.0 Å². The molecule has 0 heterocycles. The minimum Gasteiger partial charge on any atom is -0.312 e. The first-order chi connectivity index (χ1) is 8.72. The lowest BCUT2D eigenvalue weighted by Crippen LogP contribution is -2.21. The molecule has 1 aromatic carbocycles. The van der Waals surface area contributed by atoms with Crippen LogP contribution in [0.15, 0.2) is 22.7 Å². The first-order valence-electron chi connectivity index (χ1n) is 6.45. The maximum atomic E-state index is 14.0. The van der Waals surface area contributed by atoms with Crippen LogP contribution in [0.4, 0.5) is 4.39 Å². The van der Waals surface area contributed by atoms with Crippen molar-refractivity contribution in [2.24, 2.45) is 0 Å². The van der Waals surface area contributed by atoms with Crippen LogP contribution in [-0.2, 0) is 0 Å². The highest BCUT2D eigenvalue weighted by molar-refractivity contribution is 9.10. The van der Waals surface area contributed by atoms with Crippen molar-refractivity contribution in [3.63, 3.8) is 0 Å². The van der Waals surface area contributed by atoms with Gasteiger partial charge in [0.15, 0.2) is 0 Å². The summed E-state index contributed by atoms with van der Waals surface area (Å²) in [5.74, 6) is 0.804. The van der Waals surface area contributed by atoms with E-state index in [1.165, 1.54) is 25.7 Å². The van der Waals surface area contributed by atoms with Crippen molar-refractivity contribution in [3.05, 3.63) is 34.1 Å². The Kier molecular flexibility index (Phi) is 5.52. The van der Waals surface area contributed by atoms with Crippen LogP contribution in [0.1, 0.15) is 37.3 Å². The van der Waals surface area contributed by atoms with Crippen LogP contribution < -0.4 is 5.32 Å². The minimum atomic E-state index is -0.135. The van der Waals surface area contributed by atoms with Crippen LogP contribution in [0, 0.1) is 5.82 Å². The van der Waals surface area contributed by atoms with Crippen molar-refractivity contribution < 1.29 is 4.39 Å². The average Bonchev–Trinajstić information content (AvgIpc) is 2.88. The molecule has 1 N–H and O–H groups in total. The van der Waals surface area contributed by atoms with E-state index in [0.717, 1.165) is 16.6 Å². The first kappa shape index (κ1) is 14.4. The Morgan fingerprint density at radius 3 is 2.83 bits per heavy atom. The van der Waals surface area contributed by atoms with Gasteiger partial charge in [0.25, 0.3) is 0 Å². The van der Waals surface area contributed by atoms with Crippen LogP contribution in [-0.4, -0.2) is 18.1 Å². The average molecular weight is 332 g/mol. The van der Waals surface area contributed by atoms with E-state index in [0.29, 0.717) is 4.47 Å². The van der Waals surface area contributed by atoms with Crippen LogP contribution in [0.25, 0.3) is 0 Å². The highest BCUT2D eigenvalue weighted by atomic mass is 79.9. The van der Waals surface area contributed by atoms with Crippen LogP contribution in [0.5, 0.6) is 0 Å². The zero-order chi connectivity index (χ0) is 13.0. The van der Waals surface area contributed by atoms with Gasteiger partial charge in [-0.05, 0) is 41.9 Å². The van der Waals surface area contributed by atoms with E-state index in [1.807, 2.05) is 30.9 Å². The molecule has 1 atom stereocenters. The lowest BCUT2D eigenvalue weighted by atomic mass is 10.1. The molecule has 1 fully saturated rings. The summed E-state index contributed by atoms with van der Waals surface area (Å²) < 4.78 is 14.6. The first-order valence-corrected chi connectivity index (χ1v) is 8.29. The highest BCUT2D eigenvalue weighted by Crippen LogP contribution is 2.33. The second-order valence-corrected chi connectivity index (χ2v) is 6.91. The molecule has 18 heavy (non-hydrogen) atoms. The second kappa shape index (κ2) is 6.92. The van der Waals surface area contributed by atoms with Crippen molar-refractivity contribution in [2.75, 3.05) is 12.8 Å². The minimum absolute atomic E-state index is 0.0908. The smallest absolute Gasteiger partial charge is 0.142 e. The Hall–Kier alpha value is -0.0600. The van der Waals surface area contributed by atoms with Crippen LogP contribution in [0.2, 0.25) is 0 Å². The molecule has 1 unspecified atom stereocenters. The van der Waals surface area contributed by atoms with Crippen molar-refractivity contribution in [1.29, 1.82) is 0 Å². The lowest BCUT2D eigenvalue weighted by molar-refractivity contribution is 0.560. The maximum absolute atomic E-state index is 14.0. The summed E-state index contributed by atoms with van der Waals surface area (Å²) in [4.78, 5) is 0. The fourth-order valence-electron chi connectivity index (χ4n) is 2.41. The Balaban J connectivity index is 2.00. The number of halogens is 2.